The number of rotatable bonds is 5. The highest BCUT2D eigenvalue weighted by molar-refractivity contribution is 6.42. The van der Waals surface area contributed by atoms with Crippen molar-refractivity contribution < 1.29 is 9.53 Å². The Morgan fingerprint density at radius 3 is 2.35 bits per heavy atom. The van der Waals surface area contributed by atoms with E-state index in [0.29, 0.717) is 15.8 Å². The summed E-state index contributed by atoms with van der Waals surface area (Å²) in [5, 5.41) is 3.75. The zero-order valence-electron chi connectivity index (χ0n) is 14.1. The van der Waals surface area contributed by atoms with Gasteiger partial charge in [-0.2, -0.15) is 0 Å². The Kier molecular flexibility index (Phi) is 5.82. The summed E-state index contributed by atoms with van der Waals surface area (Å²) in [6, 6.07) is 22.4. The Labute approximate surface area is 162 Å². The van der Waals surface area contributed by atoms with Gasteiger partial charge in [0.05, 0.1) is 10.0 Å². The lowest BCUT2D eigenvalue weighted by atomic mass is 10.0. The number of ether oxygens (including phenoxy) is 1. The van der Waals surface area contributed by atoms with Gasteiger partial charge in [-0.05, 0) is 30.7 Å². The number of carbonyl (C=O) groups excluding carboxylic acids is 1. The van der Waals surface area contributed by atoms with E-state index >= 15 is 0 Å². The number of amides is 1. The van der Waals surface area contributed by atoms with Crippen molar-refractivity contribution in [2.45, 2.75) is 13.0 Å². The Bertz CT molecular complexity index is 913. The van der Waals surface area contributed by atoms with Crippen LogP contribution in [-0.2, 0) is 4.79 Å². The number of benzene rings is 3. The minimum atomic E-state index is -0.698. The summed E-state index contributed by atoms with van der Waals surface area (Å²) < 4.78 is 5.67. The molecule has 1 amide bonds. The molecule has 5 heteroatoms. The Balaban J connectivity index is 1.74. The summed E-state index contributed by atoms with van der Waals surface area (Å²) in [6.45, 7) is 1.68. The highest BCUT2D eigenvalue weighted by atomic mass is 35.5. The molecule has 0 saturated carbocycles. The molecule has 0 fully saturated rings. The van der Waals surface area contributed by atoms with Gasteiger partial charge in [-0.25, -0.2) is 0 Å². The first-order valence-electron chi connectivity index (χ1n) is 8.11. The number of hydrogen-bond donors (Lipinski definition) is 1. The fourth-order valence-electron chi connectivity index (χ4n) is 2.50. The SMILES string of the molecule is C[C@H](Oc1ccc(Cl)c(Cl)c1)C(=O)Nc1ccccc1-c1ccccc1. The normalized spacial score (nSPS) is 11.7. The monoisotopic (exact) mass is 385 g/mol. The summed E-state index contributed by atoms with van der Waals surface area (Å²) >= 11 is 11.9. The molecule has 0 spiro atoms. The van der Waals surface area contributed by atoms with E-state index < -0.39 is 6.10 Å². The molecule has 3 aromatic carbocycles. The van der Waals surface area contributed by atoms with Crippen molar-refractivity contribution in [2.75, 3.05) is 5.32 Å². The number of carbonyl (C=O) groups is 1. The van der Waals surface area contributed by atoms with Crippen molar-refractivity contribution in [2.24, 2.45) is 0 Å². The maximum absolute atomic E-state index is 12.6. The van der Waals surface area contributed by atoms with Crippen LogP contribution in [0.1, 0.15) is 6.92 Å². The van der Waals surface area contributed by atoms with Crippen molar-refractivity contribution in [1.29, 1.82) is 0 Å². The van der Waals surface area contributed by atoms with Crippen LogP contribution in [0.25, 0.3) is 11.1 Å². The van der Waals surface area contributed by atoms with Gasteiger partial charge < -0.3 is 10.1 Å². The van der Waals surface area contributed by atoms with Crippen LogP contribution < -0.4 is 10.1 Å². The first-order chi connectivity index (χ1) is 12.5. The van der Waals surface area contributed by atoms with Gasteiger partial charge in [0, 0.05) is 17.3 Å². The molecule has 1 atom stereocenters. The second-order valence-corrected chi connectivity index (χ2v) is 6.55. The molecular formula is C21H17Cl2NO2. The fourth-order valence-corrected chi connectivity index (χ4v) is 2.79. The lowest BCUT2D eigenvalue weighted by Crippen LogP contribution is -2.30. The van der Waals surface area contributed by atoms with Gasteiger partial charge in [-0.3, -0.25) is 4.79 Å². The number of halogens is 2. The molecule has 0 saturated heterocycles. The van der Waals surface area contributed by atoms with Crippen LogP contribution in [0.4, 0.5) is 5.69 Å². The smallest absolute Gasteiger partial charge is 0.265 e. The minimum Gasteiger partial charge on any atom is -0.481 e. The summed E-state index contributed by atoms with van der Waals surface area (Å²) in [6.07, 6.45) is -0.698. The van der Waals surface area contributed by atoms with Crippen molar-refractivity contribution in [1.82, 2.24) is 0 Å². The second kappa shape index (κ2) is 8.26. The lowest BCUT2D eigenvalue weighted by Gasteiger charge is -2.17. The minimum absolute atomic E-state index is 0.251. The van der Waals surface area contributed by atoms with Crippen LogP contribution in [0, 0.1) is 0 Å². The Morgan fingerprint density at radius 1 is 0.923 bits per heavy atom. The summed E-state index contributed by atoms with van der Waals surface area (Å²) in [7, 11) is 0. The van der Waals surface area contributed by atoms with Crippen molar-refractivity contribution in [3.8, 4) is 16.9 Å². The van der Waals surface area contributed by atoms with E-state index in [-0.39, 0.29) is 5.91 Å². The average molecular weight is 386 g/mol. The van der Waals surface area contributed by atoms with Crippen LogP contribution in [0.2, 0.25) is 10.0 Å². The number of para-hydroxylation sites is 1. The largest absolute Gasteiger partial charge is 0.481 e. The predicted octanol–water partition coefficient (Wildman–Crippen LogP) is 6.07. The Morgan fingerprint density at radius 2 is 1.62 bits per heavy atom. The molecule has 132 valence electrons. The molecule has 0 aromatic heterocycles. The highest BCUT2D eigenvalue weighted by Crippen LogP contribution is 2.29. The third-order valence-electron chi connectivity index (χ3n) is 3.84. The number of nitrogens with one attached hydrogen (secondary N) is 1. The van der Waals surface area contributed by atoms with Crippen molar-refractivity contribution >= 4 is 34.8 Å². The second-order valence-electron chi connectivity index (χ2n) is 5.74. The van der Waals surface area contributed by atoms with E-state index in [4.69, 9.17) is 27.9 Å². The molecule has 26 heavy (non-hydrogen) atoms. The van der Waals surface area contributed by atoms with Crippen LogP contribution in [0.3, 0.4) is 0 Å². The van der Waals surface area contributed by atoms with Crippen LogP contribution in [0.15, 0.2) is 72.8 Å². The summed E-state index contributed by atoms with van der Waals surface area (Å²) in [5.41, 5.74) is 2.71. The molecule has 0 unspecified atom stereocenters. The molecule has 0 radical (unpaired) electrons. The van der Waals surface area contributed by atoms with Gasteiger partial charge >= 0.3 is 0 Å². The molecule has 0 aliphatic rings. The van der Waals surface area contributed by atoms with Gasteiger partial charge in [0.1, 0.15) is 5.75 Å². The predicted molar refractivity (Wildman–Crippen MR) is 107 cm³/mol. The Hall–Kier alpha value is -2.49. The molecule has 3 rings (SSSR count). The third kappa shape index (κ3) is 4.37. The lowest BCUT2D eigenvalue weighted by molar-refractivity contribution is -0.122. The molecule has 3 nitrogen and oxygen atoms in total. The highest BCUT2D eigenvalue weighted by Gasteiger charge is 2.17. The van der Waals surface area contributed by atoms with Gasteiger partial charge in [0.2, 0.25) is 0 Å². The number of anilines is 1. The molecule has 0 bridgehead atoms. The van der Waals surface area contributed by atoms with E-state index in [2.05, 4.69) is 5.32 Å². The van der Waals surface area contributed by atoms with Crippen LogP contribution in [0.5, 0.6) is 5.75 Å². The van der Waals surface area contributed by atoms with Crippen LogP contribution >= 0.6 is 23.2 Å². The van der Waals surface area contributed by atoms with E-state index in [1.165, 1.54) is 0 Å². The summed E-state index contributed by atoms with van der Waals surface area (Å²) in [5.74, 6) is 0.234. The molecule has 0 aliphatic heterocycles. The fraction of sp³-hybridized carbons (Fsp3) is 0.0952. The van der Waals surface area contributed by atoms with E-state index in [9.17, 15) is 4.79 Å². The third-order valence-corrected chi connectivity index (χ3v) is 4.58. The van der Waals surface area contributed by atoms with Gasteiger partial charge in [-0.1, -0.05) is 71.7 Å². The zero-order valence-corrected chi connectivity index (χ0v) is 15.6. The first kappa shape index (κ1) is 18.3. The van der Waals surface area contributed by atoms with E-state index in [0.717, 1.165) is 16.8 Å². The van der Waals surface area contributed by atoms with Gasteiger partial charge in [-0.15, -0.1) is 0 Å². The van der Waals surface area contributed by atoms with E-state index in [1.54, 1.807) is 25.1 Å². The van der Waals surface area contributed by atoms with Gasteiger partial charge in [0.15, 0.2) is 6.10 Å². The molecule has 1 N–H and O–H groups in total. The average Bonchev–Trinajstić information content (AvgIpc) is 2.66. The first-order valence-corrected chi connectivity index (χ1v) is 8.87. The summed E-state index contributed by atoms with van der Waals surface area (Å²) in [4.78, 5) is 12.6. The van der Waals surface area contributed by atoms with Gasteiger partial charge in [0.25, 0.3) is 5.91 Å². The van der Waals surface area contributed by atoms with Crippen LogP contribution in [-0.4, -0.2) is 12.0 Å². The van der Waals surface area contributed by atoms with Crippen molar-refractivity contribution in [3.05, 3.63) is 82.8 Å². The van der Waals surface area contributed by atoms with E-state index in [1.807, 2.05) is 54.6 Å². The number of hydrogen-bond acceptors (Lipinski definition) is 2. The molecule has 0 aliphatic carbocycles. The van der Waals surface area contributed by atoms with Crippen molar-refractivity contribution in [3.63, 3.8) is 0 Å². The standard InChI is InChI=1S/C21H17Cl2NO2/c1-14(26-16-11-12-18(22)19(23)13-16)21(25)24-20-10-6-5-9-17(20)15-7-3-2-4-8-15/h2-14H,1H3,(H,24,25)/t14-/m0/s1. The molecule has 3 aromatic rings. The topological polar surface area (TPSA) is 38.3 Å². The molecule has 0 heterocycles. The molecular weight excluding hydrogens is 369 g/mol. The quantitative estimate of drug-likeness (QED) is 0.578. The maximum Gasteiger partial charge on any atom is 0.265 e. The maximum atomic E-state index is 12.6. The zero-order chi connectivity index (χ0) is 18.5.